The van der Waals surface area contributed by atoms with Gasteiger partial charge < -0.3 is 9.47 Å². The van der Waals surface area contributed by atoms with E-state index in [4.69, 9.17) is 14.5 Å². The molecule has 1 unspecified atom stereocenters. The summed E-state index contributed by atoms with van der Waals surface area (Å²) in [5, 5.41) is 2.02. The fraction of sp³-hybridized carbons (Fsp3) is 0.185. The lowest BCUT2D eigenvalue weighted by atomic mass is 9.83. The summed E-state index contributed by atoms with van der Waals surface area (Å²) in [5.74, 6) is 1.32. The number of aromatic nitrogens is 1. The van der Waals surface area contributed by atoms with Crippen LogP contribution in [-0.4, -0.2) is 18.8 Å². The lowest BCUT2D eigenvalue weighted by Crippen LogP contribution is -2.38. The Balaban J connectivity index is 1.64. The van der Waals surface area contributed by atoms with E-state index < -0.39 is 0 Å². The van der Waals surface area contributed by atoms with Crippen LogP contribution in [0.25, 0.3) is 11.8 Å². The summed E-state index contributed by atoms with van der Waals surface area (Å²) in [7, 11) is 3.26. The number of ether oxygens (including phenoxy) is 2. The lowest BCUT2D eigenvalue weighted by molar-refractivity contribution is 0.354. The molecule has 0 fully saturated rings. The van der Waals surface area contributed by atoms with E-state index in [1.807, 2.05) is 46.4 Å². The van der Waals surface area contributed by atoms with Crippen LogP contribution in [0.3, 0.4) is 0 Å². The van der Waals surface area contributed by atoms with Gasteiger partial charge in [0.25, 0.3) is 5.56 Å². The Hall–Kier alpha value is -3.42. The Bertz CT molecular complexity index is 1610. The predicted molar refractivity (Wildman–Crippen MR) is 137 cm³/mol. The van der Waals surface area contributed by atoms with Gasteiger partial charge in [-0.2, -0.15) is 0 Å². The third-order valence-electron chi connectivity index (χ3n) is 6.41. The van der Waals surface area contributed by atoms with Crippen LogP contribution in [0.2, 0.25) is 0 Å². The van der Waals surface area contributed by atoms with Crippen molar-refractivity contribution < 1.29 is 9.47 Å². The van der Waals surface area contributed by atoms with Crippen molar-refractivity contribution in [3.05, 3.63) is 107 Å². The first-order chi connectivity index (χ1) is 16.7. The Morgan fingerprint density at radius 3 is 2.68 bits per heavy atom. The van der Waals surface area contributed by atoms with Crippen LogP contribution in [0.4, 0.5) is 0 Å². The minimum atomic E-state index is -0.245. The topological polar surface area (TPSA) is 52.8 Å². The number of rotatable bonds is 4. The van der Waals surface area contributed by atoms with Crippen molar-refractivity contribution in [1.82, 2.24) is 4.57 Å². The summed E-state index contributed by atoms with van der Waals surface area (Å²) in [6, 6.07) is 18.1. The number of thiazole rings is 1. The highest BCUT2D eigenvalue weighted by Gasteiger charge is 2.33. The van der Waals surface area contributed by atoms with E-state index in [2.05, 4.69) is 24.3 Å². The van der Waals surface area contributed by atoms with Crippen LogP contribution in [0.1, 0.15) is 34.0 Å². The summed E-state index contributed by atoms with van der Waals surface area (Å²) >= 11 is 3.07. The molecule has 4 aromatic rings. The molecule has 1 aliphatic heterocycles. The van der Waals surface area contributed by atoms with Gasteiger partial charge in [0.15, 0.2) is 16.3 Å². The van der Waals surface area contributed by atoms with Crippen molar-refractivity contribution in [2.45, 2.75) is 18.9 Å². The molecule has 0 saturated heterocycles. The summed E-state index contributed by atoms with van der Waals surface area (Å²) in [4.78, 5) is 20.6. The normalized spacial score (nSPS) is 17.0. The molecule has 0 bridgehead atoms. The second kappa shape index (κ2) is 8.42. The smallest absolute Gasteiger partial charge is 0.271 e. The maximum absolute atomic E-state index is 13.7. The molecule has 1 atom stereocenters. The van der Waals surface area contributed by atoms with Gasteiger partial charge in [0.05, 0.1) is 30.5 Å². The SMILES string of the molecule is COc1ccc(C2C3=C(N=c4sc(=Cc5cccs5)c(=O)n42)c2ccccc2CC3)cc1OC. The number of hydrogen-bond donors (Lipinski definition) is 0. The summed E-state index contributed by atoms with van der Waals surface area (Å²) in [6.45, 7) is 0. The van der Waals surface area contributed by atoms with Gasteiger partial charge in [-0.25, -0.2) is 4.99 Å². The Morgan fingerprint density at radius 1 is 1.03 bits per heavy atom. The maximum Gasteiger partial charge on any atom is 0.271 e. The van der Waals surface area contributed by atoms with Crippen molar-refractivity contribution >= 4 is 34.4 Å². The number of fused-ring (bicyclic) bond motifs is 3. The summed E-state index contributed by atoms with van der Waals surface area (Å²) in [6.07, 6.45) is 3.74. The Morgan fingerprint density at radius 2 is 1.88 bits per heavy atom. The molecule has 0 spiro atoms. The molecule has 3 heterocycles. The quantitative estimate of drug-likeness (QED) is 0.430. The summed E-state index contributed by atoms with van der Waals surface area (Å²) < 4.78 is 13.6. The Labute approximate surface area is 204 Å². The van der Waals surface area contributed by atoms with Gasteiger partial charge in [0.1, 0.15) is 0 Å². The average Bonchev–Trinajstić information content (AvgIpc) is 3.50. The first-order valence-electron chi connectivity index (χ1n) is 11.1. The zero-order valence-electron chi connectivity index (χ0n) is 18.8. The van der Waals surface area contributed by atoms with Crippen LogP contribution >= 0.6 is 22.7 Å². The van der Waals surface area contributed by atoms with Crippen molar-refractivity contribution in [2.24, 2.45) is 4.99 Å². The maximum atomic E-state index is 13.7. The van der Waals surface area contributed by atoms with Gasteiger partial charge >= 0.3 is 0 Å². The highest BCUT2D eigenvalue weighted by molar-refractivity contribution is 7.11. The van der Waals surface area contributed by atoms with Gasteiger partial charge in [0, 0.05) is 10.4 Å². The highest BCUT2D eigenvalue weighted by Crippen LogP contribution is 2.42. The largest absolute Gasteiger partial charge is 0.493 e. The lowest BCUT2D eigenvalue weighted by Gasteiger charge is -2.31. The molecule has 1 aliphatic carbocycles. The fourth-order valence-corrected chi connectivity index (χ4v) is 6.57. The van der Waals surface area contributed by atoms with Gasteiger partial charge in [-0.05, 0) is 59.2 Å². The highest BCUT2D eigenvalue weighted by atomic mass is 32.1. The molecule has 2 aromatic carbocycles. The molecule has 170 valence electrons. The minimum absolute atomic E-state index is 0.0117. The van der Waals surface area contributed by atoms with E-state index in [9.17, 15) is 4.79 Å². The number of thiophene rings is 1. The van der Waals surface area contributed by atoms with Crippen molar-refractivity contribution in [3.63, 3.8) is 0 Å². The van der Waals surface area contributed by atoms with Crippen molar-refractivity contribution in [1.29, 1.82) is 0 Å². The molecule has 2 aliphatic rings. The molecule has 0 amide bonds. The predicted octanol–water partition coefficient (Wildman–Crippen LogP) is 4.40. The zero-order chi connectivity index (χ0) is 23.2. The monoisotopic (exact) mass is 486 g/mol. The minimum Gasteiger partial charge on any atom is -0.493 e. The second-order valence-electron chi connectivity index (χ2n) is 8.24. The third kappa shape index (κ3) is 3.35. The first kappa shape index (κ1) is 21.1. The van der Waals surface area contributed by atoms with Crippen LogP contribution < -0.4 is 24.4 Å². The average molecular weight is 487 g/mol. The number of methoxy groups -OCH3 is 2. The van der Waals surface area contributed by atoms with E-state index in [1.165, 1.54) is 22.5 Å². The van der Waals surface area contributed by atoms with E-state index in [-0.39, 0.29) is 11.6 Å². The van der Waals surface area contributed by atoms with Gasteiger partial charge in [-0.3, -0.25) is 9.36 Å². The molecule has 0 radical (unpaired) electrons. The van der Waals surface area contributed by atoms with Crippen molar-refractivity contribution in [3.8, 4) is 11.5 Å². The van der Waals surface area contributed by atoms with Gasteiger partial charge in [-0.1, -0.05) is 47.7 Å². The molecular formula is C27H22N2O3S2. The second-order valence-corrected chi connectivity index (χ2v) is 10.2. The molecule has 6 rings (SSSR count). The van der Waals surface area contributed by atoms with E-state index in [0.29, 0.717) is 16.0 Å². The van der Waals surface area contributed by atoms with Crippen LogP contribution in [-0.2, 0) is 6.42 Å². The number of allylic oxidation sites excluding steroid dienone is 1. The van der Waals surface area contributed by atoms with E-state index in [0.717, 1.165) is 39.3 Å². The molecule has 0 saturated carbocycles. The Kier molecular flexibility index (Phi) is 5.23. The summed E-state index contributed by atoms with van der Waals surface area (Å²) in [5.41, 5.74) is 5.59. The first-order valence-corrected chi connectivity index (χ1v) is 12.8. The zero-order valence-corrected chi connectivity index (χ0v) is 20.4. The van der Waals surface area contributed by atoms with Gasteiger partial charge in [-0.15, -0.1) is 11.3 Å². The molecular weight excluding hydrogens is 464 g/mol. The van der Waals surface area contributed by atoms with Gasteiger partial charge in [0.2, 0.25) is 0 Å². The number of hydrogen-bond acceptors (Lipinski definition) is 6. The molecule has 2 aromatic heterocycles. The molecule has 7 heteroatoms. The van der Waals surface area contributed by atoms with Crippen LogP contribution in [0.5, 0.6) is 11.5 Å². The third-order valence-corrected chi connectivity index (χ3v) is 8.22. The molecule has 0 N–H and O–H groups in total. The van der Waals surface area contributed by atoms with E-state index in [1.54, 1.807) is 25.6 Å². The molecule has 34 heavy (non-hydrogen) atoms. The van der Waals surface area contributed by atoms with E-state index >= 15 is 0 Å². The fourth-order valence-electron chi connectivity index (χ4n) is 4.85. The van der Waals surface area contributed by atoms with Crippen LogP contribution in [0.15, 0.2) is 75.3 Å². The number of aryl methyl sites for hydroxylation is 1. The standard InChI is InChI=1S/C27H22N2O3S2/c1-31-21-12-10-17(14-22(21)32-2)25-20-11-9-16-6-3-4-8-19(16)24(20)28-27-29(25)26(30)23(34-27)15-18-7-5-13-33-18/h3-8,10,12-15,25H,9,11H2,1-2H3. The molecule has 5 nitrogen and oxygen atoms in total. The van der Waals surface area contributed by atoms with Crippen molar-refractivity contribution in [2.75, 3.05) is 14.2 Å². The number of benzene rings is 2. The van der Waals surface area contributed by atoms with Crippen LogP contribution in [0, 0.1) is 0 Å². The number of nitrogens with zero attached hydrogens (tertiary/aromatic N) is 2.